The largest absolute Gasteiger partial charge is 0.445 e. The fourth-order valence-corrected chi connectivity index (χ4v) is 7.41. The van der Waals surface area contributed by atoms with Gasteiger partial charge >= 0.3 is 6.09 Å². The Labute approximate surface area is 232 Å². The minimum absolute atomic E-state index is 0.0985. The predicted molar refractivity (Wildman–Crippen MR) is 151 cm³/mol. The van der Waals surface area contributed by atoms with Gasteiger partial charge in [-0.05, 0) is 77.7 Å². The number of rotatable bonds is 5. The number of fused-ring (bicyclic) bond motifs is 5. The van der Waals surface area contributed by atoms with E-state index in [-0.39, 0.29) is 12.1 Å². The Kier molecular flexibility index (Phi) is 7.26. The summed E-state index contributed by atoms with van der Waals surface area (Å²) >= 11 is 14.1. The normalized spacial score (nSPS) is 21.1. The molecular weight excluding hydrogens is 525 g/mol. The summed E-state index contributed by atoms with van der Waals surface area (Å²) in [6, 6.07) is 22.5. The second-order valence-electron chi connectivity index (χ2n) is 9.90. The van der Waals surface area contributed by atoms with Gasteiger partial charge in [0.25, 0.3) is 0 Å². The van der Waals surface area contributed by atoms with Gasteiger partial charge in [0.05, 0.1) is 6.04 Å². The van der Waals surface area contributed by atoms with Crippen LogP contribution in [-0.4, -0.2) is 48.0 Å². The van der Waals surface area contributed by atoms with Crippen LogP contribution in [0.5, 0.6) is 0 Å². The molecule has 0 radical (unpaired) electrons. The van der Waals surface area contributed by atoms with Crippen LogP contribution in [-0.2, 0) is 11.3 Å². The van der Waals surface area contributed by atoms with Crippen LogP contribution >= 0.6 is 35.1 Å². The van der Waals surface area contributed by atoms with Gasteiger partial charge in [-0.2, -0.15) is 0 Å². The third-order valence-corrected chi connectivity index (χ3v) is 9.09. The molecule has 2 heterocycles. The summed E-state index contributed by atoms with van der Waals surface area (Å²) in [4.78, 5) is 18.5. The van der Waals surface area contributed by atoms with Crippen molar-refractivity contribution < 1.29 is 9.53 Å². The smallest absolute Gasteiger partial charge is 0.410 e. The van der Waals surface area contributed by atoms with E-state index in [1.54, 1.807) is 18.0 Å². The van der Waals surface area contributed by atoms with E-state index in [0.29, 0.717) is 22.6 Å². The molecule has 2 bridgehead atoms. The van der Waals surface area contributed by atoms with Gasteiger partial charge in [-0.1, -0.05) is 59.6 Å². The van der Waals surface area contributed by atoms with Crippen LogP contribution in [0, 0.1) is 0 Å². The lowest BCUT2D eigenvalue weighted by molar-refractivity contribution is 0.0694. The molecule has 2 fully saturated rings. The van der Waals surface area contributed by atoms with E-state index >= 15 is 0 Å². The van der Waals surface area contributed by atoms with Crippen LogP contribution in [0.1, 0.15) is 41.5 Å². The molecule has 2 atom stereocenters. The summed E-state index contributed by atoms with van der Waals surface area (Å²) in [7, 11) is 0. The molecule has 0 N–H and O–H groups in total. The van der Waals surface area contributed by atoms with Crippen molar-refractivity contribution in [3.05, 3.63) is 93.5 Å². The van der Waals surface area contributed by atoms with Crippen molar-refractivity contribution in [1.29, 1.82) is 0 Å². The second-order valence-corrected chi connectivity index (χ2v) is 11.9. The maximum atomic E-state index is 13.1. The molecule has 2 aliphatic heterocycles. The van der Waals surface area contributed by atoms with E-state index in [1.165, 1.54) is 16.8 Å². The highest BCUT2D eigenvalue weighted by Gasteiger charge is 2.41. The third kappa shape index (κ3) is 5.44. The Morgan fingerprint density at radius 1 is 0.892 bits per heavy atom. The van der Waals surface area contributed by atoms with Gasteiger partial charge in [0, 0.05) is 53.4 Å². The summed E-state index contributed by atoms with van der Waals surface area (Å²) in [6.45, 7) is 4.82. The molecule has 2 saturated heterocycles. The van der Waals surface area contributed by atoms with E-state index in [9.17, 15) is 4.79 Å². The Morgan fingerprint density at radius 2 is 1.65 bits per heavy atom. The Balaban J connectivity index is 1.11. The molecule has 5 nitrogen and oxygen atoms in total. The first-order valence-corrected chi connectivity index (χ1v) is 14.3. The molecule has 0 spiro atoms. The summed E-state index contributed by atoms with van der Waals surface area (Å²) in [5.41, 5.74) is 4.94. The number of ether oxygens (including phenoxy) is 1. The number of anilines is 1. The molecule has 37 heavy (non-hydrogen) atoms. The lowest BCUT2D eigenvalue weighted by Gasteiger charge is -2.36. The fourth-order valence-electron chi connectivity index (χ4n) is 5.75. The average molecular weight is 555 g/mol. The number of hydrogen-bond acceptors (Lipinski definition) is 5. The quantitative estimate of drug-likeness (QED) is 0.308. The number of piperazine rings is 1. The number of nitrogens with zero attached hydrogens (tertiary/aromatic N) is 3. The maximum absolute atomic E-state index is 13.1. The highest BCUT2D eigenvalue weighted by molar-refractivity contribution is 7.97. The van der Waals surface area contributed by atoms with Crippen LogP contribution in [0.3, 0.4) is 0 Å². The number of amides is 1. The molecule has 3 aromatic carbocycles. The predicted octanol–water partition coefficient (Wildman–Crippen LogP) is 7.39. The molecule has 192 valence electrons. The summed E-state index contributed by atoms with van der Waals surface area (Å²) < 4.78 is 8.07. The first-order chi connectivity index (χ1) is 18.0. The van der Waals surface area contributed by atoms with Crippen molar-refractivity contribution in [3.63, 3.8) is 0 Å². The van der Waals surface area contributed by atoms with Gasteiger partial charge < -0.3 is 14.5 Å². The van der Waals surface area contributed by atoms with Crippen molar-refractivity contribution >= 4 is 46.9 Å². The van der Waals surface area contributed by atoms with Gasteiger partial charge in [-0.15, -0.1) is 0 Å². The molecular formula is C29H29Cl2N3O2S. The zero-order valence-electron chi connectivity index (χ0n) is 20.5. The van der Waals surface area contributed by atoms with Crippen molar-refractivity contribution in [2.45, 2.75) is 36.3 Å². The average Bonchev–Trinajstić information content (AvgIpc) is 3.18. The number of halogens is 2. The van der Waals surface area contributed by atoms with Crippen LogP contribution in [0.4, 0.5) is 10.5 Å². The van der Waals surface area contributed by atoms with Crippen molar-refractivity contribution in [3.8, 4) is 0 Å². The Hall–Kier alpha value is -2.38. The summed E-state index contributed by atoms with van der Waals surface area (Å²) in [5.74, 6) is 0.532. The fraction of sp³-hybridized carbons (Fsp3) is 0.345. The number of carbonyl (C=O) groups is 1. The standard InChI is InChI=1S/C29H29Cl2N3O2S/c30-22-15-23(31)17-25(16-22)37-33-12-10-32(11-13-33)24-6-7-26-21-8-9-34(28(14-21)27(26)18-24)29(35)36-19-20-4-2-1-3-5-20/h1-7,15-18,21,28H,8-14,19H2. The summed E-state index contributed by atoms with van der Waals surface area (Å²) in [6.07, 6.45) is 1.77. The number of likely N-dealkylation sites (tertiary alicyclic amines) is 1. The molecule has 3 aromatic rings. The van der Waals surface area contributed by atoms with E-state index < -0.39 is 0 Å². The third-order valence-electron chi connectivity index (χ3n) is 7.59. The minimum atomic E-state index is -0.211. The lowest BCUT2D eigenvalue weighted by Crippen LogP contribution is -2.43. The molecule has 0 saturated carbocycles. The highest BCUT2D eigenvalue weighted by atomic mass is 35.5. The van der Waals surface area contributed by atoms with Crippen LogP contribution in [0.2, 0.25) is 10.0 Å². The monoisotopic (exact) mass is 553 g/mol. The topological polar surface area (TPSA) is 36.0 Å². The first kappa shape index (κ1) is 24.9. The van der Waals surface area contributed by atoms with Crippen molar-refractivity contribution in [2.24, 2.45) is 0 Å². The zero-order valence-corrected chi connectivity index (χ0v) is 22.8. The molecule has 3 aliphatic rings. The Morgan fingerprint density at radius 3 is 2.41 bits per heavy atom. The SMILES string of the molecule is O=C(OCc1ccccc1)N1CCC2CC1c1cc(N3CCN(Sc4cc(Cl)cc(Cl)c4)CC3)ccc12. The second kappa shape index (κ2) is 10.8. The summed E-state index contributed by atoms with van der Waals surface area (Å²) in [5, 5.41) is 1.32. The number of hydrogen-bond donors (Lipinski definition) is 0. The van der Waals surface area contributed by atoms with Gasteiger partial charge in [-0.3, -0.25) is 0 Å². The van der Waals surface area contributed by atoms with Crippen molar-refractivity contribution in [1.82, 2.24) is 9.21 Å². The van der Waals surface area contributed by atoms with Crippen molar-refractivity contribution in [2.75, 3.05) is 37.6 Å². The minimum Gasteiger partial charge on any atom is -0.445 e. The molecule has 1 amide bonds. The zero-order chi connectivity index (χ0) is 25.4. The lowest BCUT2D eigenvalue weighted by atomic mass is 9.96. The molecule has 8 heteroatoms. The molecule has 0 aromatic heterocycles. The first-order valence-electron chi connectivity index (χ1n) is 12.8. The van der Waals surface area contributed by atoms with Gasteiger partial charge in [-0.25, -0.2) is 9.10 Å². The van der Waals surface area contributed by atoms with Gasteiger partial charge in [0.2, 0.25) is 0 Å². The molecule has 1 aliphatic carbocycles. The van der Waals surface area contributed by atoms with E-state index in [0.717, 1.165) is 56.0 Å². The van der Waals surface area contributed by atoms with E-state index in [1.807, 2.05) is 47.4 Å². The highest BCUT2D eigenvalue weighted by Crippen LogP contribution is 2.50. The maximum Gasteiger partial charge on any atom is 0.410 e. The molecule has 2 unspecified atom stereocenters. The van der Waals surface area contributed by atoms with E-state index in [4.69, 9.17) is 27.9 Å². The van der Waals surface area contributed by atoms with Crippen LogP contribution in [0.15, 0.2) is 71.6 Å². The van der Waals surface area contributed by atoms with Crippen LogP contribution < -0.4 is 4.90 Å². The van der Waals surface area contributed by atoms with E-state index in [2.05, 4.69) is 27.4 Å². The van der Waals surface area contributed by atoms with Gasteiger partial charge in [0.1, 0.15) is 6.61 Å². The van der Waals surface area contributed by atoms with Gasteiger partial charge in [0.15, 0.2) is 0 Å². The number of benzene rings is 3. The number of carbonyl (C=O) groups excluding carboxylic acids is 1. The number of piperidine rings is 1. The van der Waals surface area contributed by atoms with Crippen LogP contribution in [0.25, 0.3) is 0 Å². The Bertz CT molecular complexity index is 1260. The molecule has 6 rings (SSSR count).